The Hall–Kier alpha value is -4.25. The number of aryl methyl sites for hydroxylation is 2. The van der Waals surface area contributed by atoms with Crippen molar-refractivity contribution in [2.75, 3.05) is 0 Å². The summed E-state index contributed by atoms with van der Waals surface area (Å²) in [6.07, 6.45) is 3.96. The van der Waals surface area contributed by atoms with Crippen LogP contribution >= 0.6 is 0 Å². The number of imidazole rings is 1. The molecule has 6 aromatic rings. The van der Waals surface area contributed by atoms with Crippen LogP contribution in [0, 0.1) is 18.6 Å². The lowest BCUT2D eigenvalue weighted by Gasteiger charge is -2.11. The van der Waals surface area contributed by atoms with Gasteiger partial charge in [-0.2, -0.15) is 4.57 Å². The van der Waals surface area contributed by atoms with Crippen LogP contribution in [-0.2, 0) is 7.05 Å². The zero-order valence-corrected chi connectivity index (χ0v) is 18.7. The summed E-state index contributed by atoms with van der Waals surface area (Å²) in [4.78, 5) is 0. The molecule has 0 saturated heterocycles. The first kappa shape index (κ1) is 20.4. The van der Waals surface area contributed by atoms with Crippen LogP contribution in [0.5, 0.6) is 0 Å². The lowest BCUT2D eigenvalue weighted by Crippen LogP contribution is -2.29. The Balaban J connectivity index is 1.68. The summed E-state index contributed by atoms with van der Waals surface area (Å²) < 4.78 is 39.3. The zero-order valence-electron chi connectivity index (χ0n) is 18.7. The Bertz CT molecular complexity index is 1700. The third-order valence-electron chi connectivity index (χ3n) is 6.33. The first-order valence-electron chi connectivity index (χ1n) is 11.1. The van der Waals surface area contributed by atoms with Crippen LogP contribution in [0.3, 0.4) is 0 Å². The minimum atomic E-state index is -0.420. The number of halogens is 2. The SMILES string of the molecule is Cc1cc(F)c2c(oc3cc(F)ccc32)c1-c1n(-c2ccccc2-c2ccccc2)cc[n+]1C. The number of para-hydroxylation sites is 1. The fourth-order valence-corrected chi connectivity index (χ4v) is 4.79. The van der Waals surface area contributed by atoms with Gasteiger partial charge in [0.15, 0.2) is 5.58 Å². The van der Waals surface area contributed by atoms with Crippen LogP contribution in [0.1, 0.15) is 5.56 Å². The first-order chi connectivity index (χ1) is 16.5. The van der Waals surface area contributed by atoms with E-state index in [4.69, 9.17) is 4.42 Å². The quantitative estimate of drug-likeness (QED) is 0.263. The average molecular weight is 451 g/mol. The van der Waals surface area contributed by atoms with Gasteiger partial charge in [0.1, 0.15) is 40.9 Å². The number of nitrogens with zero attached hydrogens (tertiary/aromatic N) is 2. The predicted molar refractivity (Wildman–Crippen MR) is 130 cm³/mol. The fourth-order valence-electron chi connectivity index (χ4n) is 4.79. The third-order valence-corrected chi connectivity index (χ3v) is 6.33. The van der Waals surface area contributed by atoms with E-state index in [9.17, 15) is 4.39 Å². The molecule has 2 aromatic heterocycles. The molecule has 34 heavy (non-hydrogen) atoms. The Labute approximate surface area is 195 Å². The lowest BCUT2D eigenvalue weighted by atomic mass is 10.0. The van der Waals surface area contributed by atoms with Crippen molar-refractivity contribution in [1.29, 1.82) is 0 Å². The highest BCUT2D eigenvalue weighted by atomic mass is 19.1. The van der Waals surface area contributed by atoms with Crippen molar-refractivity contribution in [3.05, 3.63) is 108 Å². The molecule has 0 saturated carbocycles. The van der Waals surface area contributed by atoms with Crippen molar-refractivity contribution in [2.24, 2.45) is 7.05 Å². The second kappa shape index (κ2) is 7.66. The molecule has 2 heterocycles. The standard InChI is InChI=1S/C29H21F2N2O/c1-18-16-23(31)27-22-13-12-20(30)17-25(22)34-28(27)26(18)29-32(2)14-15-33(29)24-11-7-6-10-21(24)19-8-4-3-5-9-19/h3-17H,1-2H3/q+1. The Morgan fingerprint density at radius 3 is 2.47 bits per heavy atom. The molecule has 0 fully saturated rings. The van der Waals surface area contributed by atoms with Gasteiger partial charge in [0.2, 0.25) is 0 Å². The first-order valence-corrected chi connectivity index (χ1v) is 11.1. The molecule has 4 aromatic carbocycles. The maximum Gasteiger partial charge on any atom is 0.297 e. The molecule has 0 amide bonds. The largest absolute Gasteiger partial charge is 0.455 e. The summed E-state index contributed by atoms with van der Waals surface area (Å²) in [5.41, 5.74) is 5.39. The van der Waals surface area contributed by atoms with Gasteiger partial charge < -0.3 is 4.42 Å². The van der Waals surface area contributed by atoms with Crippen molar-refractivity contribution in [2.45, 2.75) is 6.92 Å². The highest BCUT2D eigenvalue weighted by molar-refractivity contribution is 6.10. The molecule has 5 heteroatoms. The summed E-state index contributed by atoms with van der Waals surface area (Å²) in [6, 6.07) is 24.1. The normalized spacial score (nSPS) is 11.5. The van der Waals surface area contributed by atoms with Crippen molar-refractivity contribution in [3.63, 3.8) is 0 Å². The molecule has 166 valence electrons. The predicted octanol–water partition coefficient (Wildman–Crippen LogP) is 7.12. The van der Waals surface area contributed by atoms with E-state index in [2.05, 4.69) is 28.8 Å². The number of rotatable bonds is 3. The van der Waals surface area contributed by atoms with Gasteiger partial charge in [0, 0.05) is 17.0 Å². The van der Waals surface area contributed by atoms with E-state index in [1.807, 2.05) is 61.3 Å². The van der Waals surface area contributed by atoms with Crippen molar-refractivity contribution >= 4 is 21.9 Å². The molecule has 0 spiro atoms. The van der Waals surface area contributed by atoms with Gasteiger partial charge in [0.05, 0.1) is 12.4 Å². The minimum absolute atomic E-state index is 0.325. The van der Waals surface area contributed by atoms with E-state index >= 15 is 4.39 Å². The maximum absolute atomic E-state index is 15.2. The van der Waals surface area contributed by atoms with E-state index < -0.39 is 5.82 Å². The molecule has 0 unspecified atom stereocenters. The second-order valence-electron chi connectivity index (χ2n) is 8.48. The molecule has 6 rings (SSSR count). The van der Waals surface area contributed by atoms with Gasteiger partial charge >= 0.3 is 0 Å². The van der Waals surface area contributed by atoms with Crippen LogP contribution in [0.25, 0.3) is 50.1 Å². The van der Waals surface area contributed by atoms with E-state index in [-0.39, 0.29) is 5.82 Å². The molecule has 0 aliphatic carbocycles. The molecule has 0 aliphatic rings. The van der Waals surface area contributed by atoms with Gasteiger partial charge in [-0.1, -0.05) is 48.5 Å². The van der Waals surface area contributed by atoms with Gasteiger partial charge in [-0.05, 0) is 42.3 Å². The van der Waals surface area contributed by atoms with Gasteiger partial charge in [-0.25, -0.2) is 13.3 Å². The average Bonchev–Trinajstić information content (AvgIpc) is 3.40. The monoisotopic (exact) mass is 451 g/mol. The fraction of sp³-hybridized carbons (Fsp3) is 0.0690. The van der Waals surface area contributed by atoms with Crippen molar-refractivity contribution < 1.29 is 17.8 Å². The summed E-state index contributed by atoms with van der Waals surface area (Å²) in [6.45, 7) is 1.87. The van der Waals surface area contributed by atoms with Crippen molar-refractivity contribution in [1.82, 2.24) is 4.57 Å². The number of hydrogen-bond acceptors (Lipinski definition) is 1. The van der Waals surface area contributed by atoms with E-state index in [1.54, 1.807) is 6.07 Å². The number of furan rings is 1. The highest BCUT2D eigenvalue weighted by Crippen LogP contribution is 2.40. The highest BCUT2D eigenvalue weighted by Gasteiger charge is 2.28. The van der Waals surface area contributed by atoms with Crippen LogP contribution in [-0.4, -0.2) is 4.57 Å². The van der Waals surface area contributed by atoms with E-state index in [1.165, 1.54) is 18.2 Å². The van der Waals surface area contributed by atoms with E-state index in [0.717, 1.165) is 33.8 Å². The maximum atomic E-state index is 15.2. The van der Waals surface area contributed by atoms with Crippen molar-refractivity contribution in [3.8, 4) is 28.2 Å². The van der Waals surface area contributed by atoms with Crippen LogP contribution in [0.15, 0.2) is 95.7 Å². The Morgan fingerprint density at radius 1 is 0.882 bits per heavy atom. The molecule has 3 nitrogen and oxygen atoms in total. The molecule has 0 N–H and O–H groups in total. The number of aromatic nitrogens is 2. The van der Waals surface area contributed by atoms with Crippen LogP contribution < -0.4 is 4.57 Å². The molecular weight excluding hydrogens is 430 g/mol. The summed E-state index contributed by atoms with van der Waals surface area (Å²) in [7, 11) is 1.95. The number of benzene rings is 4. The van der Waals surface area contributed by atoms with Crippen LogP contribution in [0.4, 0.5) is 8.78 Å². The molecule has 0 aliphatic heterocycles. The second-order valence-corrected chi connectivity index (χ2v) is 8.48. The van der Waals surface area contributed by atoms with Gasteiger partial charge in [0.25, 0.3) is 5.82 Å². The van der Waals surface area contributed by atoms with Gasteiger partial charge in [-0.15, -0.1) is 0 Å². The summed E-state index contributed by atoms with van der Waals surface area (Å²) >= 11 is 0. The number of fused-ring (bicyclic) bond motifs is 3. The topological polar surface area (TPSA) is 21.9 Å². The molecule has 0 atom stereocenters. The zero-order chi connectivity index (χ0) is 23.4. The van der Waals surface area contributed by atoms with Crippen LogP contribution in [0.2, 0.25) is 0 Å². The van der Waals surface area contributed by atoms with E-state index in [0.29, 0.717) is 21.9 Å². The summed E-state index contributed by atoms with van der Waals surface area (Å²) in [5, 5.41) is 0.917. The van der Waals surface area contributed by atoms with Gasteiger partial charge in [-0.3, -0.25) is 0 Å². The third kappa shape index (κ3) is 3.05. The number of hydrogen-bond donors (Lipinski definition) is 0. The molecular formula is C29H21F2N2O+. The Morgan fingerprint density at radius 2 is 1.65 bits per heavy atom. The Kier molecular flexibility index (Phi) is 4.59. The molecule has 0 radical (unpaired) electrons. The molecule has 0 bridgehead atoms. The smallest absolute Gasteiger partial charge is 0.297 e. The minimum Gasteiger partial charge on any atom is -0.455 e. The summed E-state index contributed by atoms with van der Waals surface area (Å²) in [5.74, 6) is 0.0356. The lowest BCUT2D eigenvalue weighted by molar-refractivity contribution is -0.659.